The van der Waals surface area contributed by atoms with E-state index < -0.39 is 9.84 Å². The molecule has 0 bridgehead atoms. The van der Waals surface area contributed by atoms with Gasteiger partial charge in [0.15, 0.2) is 9.84 Å². The topological polar surface area (TPSA) is 67.3 Å². The molecule has 1 N–H and O–H groups in total. The first kappa shape index (κ1) is 12.6. The molecule has 4 nitrogen and oxygen atoms in total. The molecule has 0 radical (unpaired) electrons. The van der Waals surface area contributed by atoms with Crippen LogP contribution in [-0.2, 0) is 28.6 Å². The van der Waals surface area contributed by atoms with Crippen LogP contribution in [0.1, 0.15) is 29.4 Å². The van der Waals surface area contributed by atoms with Gasteiger partial charge in [-0.1, -0.05) is 13.8 Å². The maximum atomic E-state index is 11.4. The molecule has 0 atom stereocenters. The summed E-state index contributed by atoms with van der Waals surface area (Å²) in [5, 5.41) is 9.62. The van der Waals surface area contributed by atoms with E-state index >= 15 is 0 Å². The van der Waals surface area contributed by atoms with E-state index in [1.165, 1.54) is 11.3 Å². The molecule has 1 heterocycles. The molecule has 0 spiro atoms. The molecule has 0 unspecified atom stereocenters. The number of sulfone groups is 1. The van der Waals surface area contributed by atoms with Crippen molar-refractivity contribution in [3.05, 3.63) is 15.6 Å². The highest BCUT2D eigenvalue weighted by molar-refractivity contribution is 7.90. The number of thiazole rings is 1. The summed E-state index contributed by atoms with van der Waals surface area (Å²) in [4.78, 5) is 4.99. The fraction of sp³-hybridized carbons (Fsp3) is 0.667. The number of aliphatic hydroxyl groups is 1. The van der Waals surface area contributed by atoms with Gasteiger partial charge in [0, 0.05) is 5.75 Å². The van der Waals surface area contributed by atoms with Crippen LogP contribution in [0.15, 0.2) is 0 Å². The summed E-state index contributed by atoms with van der Waals surface area (Å²) in [7, 11) is -3.03. The summed E-state index contributed by atoms with van der Waals surface area (Å²) in [6, 6.07) is 0. The quantitative estimate of drug-likeness (QED) is 0.849. The first-order chi connectivity index (χ1) is 7.02. The van der Waals surface area contributed by atoms with Gasteiger partial charge in [0.2, 0.25) is 0 Å². The van der Waals surface area contributed by atoms with Crippen molar-refractivity contribution < 1.29 is 13.5 Å². The van der Waals surface area contributed by atoms with E-state index in [9.17, 15) is 8.42 Å². The number of hydrogen-bond donors (Lipinski definition) is 1. The number of aliphatic hydroxyl groups excluding tert-OH is 1. The molecular formula is C9H15NO3S2. The van der Waals surface area contributed by atoms with Crippen LogP contribution in [0.5, 0.6) is 0 Å². The van der Waals surface area contributed by atoms with E-state index in [4.69, 9.17) is 5.11 Å². The summed E-state index contributed by atoms with van der Waals surface area (Å²) >= 11 is 1.29. The van der Waals surface area contributed by atoms with Crippen LogP contribution in [0.3, 0.4) is 0 Å². The zero-order valence-corrected chi connectivity index (χ0v) is 10.5. The average Bonchev–Trinajstić information content (AvgIpc) is 2.59. The molecule has 1 aromatic heterocycles. The minimum atomic E-state index is -3.03. The Hall–Kier alpha value is -0.460. The molecule has 0 amide bonds. The Labute approximate surface area is 93.9 Å². The average molecular weight is 249 g/mol. The molecule has 0 fully saturated rings. The van der Waals surface area contributed by atoms with Crippen LogP contribution in [0.4, 0.5) is 0 Å². The highest BCUT2D eigenvalue weighted by Gasteiger charge is 2.15. The minimum absolute atomic E-state index is 0.0127. The lowest BCUT2D eigenvalue weighted by molar-refractivity contribution is 0.284. The fourth-order valence-electron chi connectivity index (χ4n) is 1.19. The predicted molar refractivity (Wildman–Crippen MR) is 60.6 cm³/mol. The smallest absolute Gasteiger partial charge is 0.156 e. The maximum absolute atomic E-state index is 11.4. The van der Waals surface area contributed by atoms with Crippen molar-refractivity contribution in [3.63, 3.8) is 0 Å². The van der Waals surface area contributed by atoms with Crippen LogP contribution in [0, 0.1) is 0 Å². The number of aryl methyl sites for hydroxylation is 1. The summed E-state index contributed by atoms with van der Waals surface area (Å²) in [6.45, 7) is 3.50. The van der Waals surface area contributed by atoms with Gasteiger partial charge >= 0.3 is 0 Å². The zero-order chi connectivity index (χ0) is 11.5. The lowest BCUT2D eigenvalue weighted by Crippen LogP contribution is -2.06. The molecule has 1 aromatic rings. The normalized spacial score (nSPS) is 11.9. The molecule has 1 rings (SSSR count). The van der Waals surface area contributed by atoms with Crippen LogP contribution < -0.4 is 0 Å². The van der Waals surface area contributed by atoms with Crippen molar-refractivity contribution in [2.24, 2.45) is 0 Å². The molecule has 0 saturated carbocycles. The molecule has 15 heavy (non-hydrogen) atoms. The van der Waals surface area contributed by atoms with Gasteiger partial charge < -0.3 is 5.11 Å². The second-order valence-electron chi connectivity index (χ2n) is 3.17. The van der Waals surface area contributed by atoms with E-state index in [1.807, 2.05) is 6.92 Å². The third kappa shape index (κ3) is 3.25. The Morgan fingerprint density at radius 1 is 1.40 bits per heavy atom. The van der Waals surface area contributed by atoms with Crippen molar-refractivity contribution in [1.29, 1.82) is 0 Å². The number of nitrogens with zero attached hydrogens (tertiary/aromatic N) is 1. The molecule has 0 saturated heterocycles. The third-order valence-corrected chi connectivity index (χ3v) is 4.94. The van der Waals surface area contributed by atoms with Gasteiger partial charge in [-0.15, -0.1) is 11.3 Å². The van der Waals surface area contributed by atoms with Gasteiger partial charge in [-0.25, -0.2) is 13.4 Å². The molecule has 0 aliphatic rings. The Balaban J connectivity index is 2.93. The summed E-state index contributed by atoms with van der Waals surface area (Å²) < 4.78 is 22.7. The highest BCUT2D eigenvalue weighted by atomic mass is 32.2. The first-order valence-electron chi connectivity index (χ1n) is 4.81. The SMILES string of the molecule is CCc1nc(CS(=O)(=O)CC)sc1CO. The summed E-state index contributed by atoms with van der Waals surface area (Å²) in [5.41, 5.74) is 0.809. The van der Waals surface area contributed by atoms with Gasteiger partial charge in [0.05, 0.1) is 17.2 Å². The van der Waals surface area contributed by atoms with Gasteiger partial charge in [-0.05, 0) is 6.42 Å². The lowest BCUT2D eigenvalue weighted by atomic mass is 10.3. The van der Waals surface area contributed by atoms with Gasteiger partial charge in [0.25, 0.3) is 0 Å². The molecular weight excluding hydrogens is 234 g/mol. The van der Waals surface area contributed by atoms with E-state index in [0.717, 1.165) is 17.0 Å². The Bertz CT molecular complexity index is 401. The van der Waals surface area contributed by atoms with Crippen molar-refractivity contribution in [3.8, 4) is 0 Å². The highest BCUT2D eigenvalue weighted by Crippen LogP contribution is 2.21. The summed E-state index contributed by atoms with van der Waals surface area (Å²) in [5.74, 6) is 0.115. The van der Waals surface area contributed by atoms with Gasteiger partial charge in [0.1, 0.15) is 10.8 Å². The number of rotatable bonds is 5. The second kappa shape index (κ2) is 5.05. The molecule has 0 aromatic carbocycles. The molecule has 86 valence electrons. The van der Waals surface area contributed by atoms with Crippen LogP contribution in [-0.4, -0.2) is 24.3 Å². The van der Waals surface area contributed by atoms with Crippen LogP contribution in [0.25, 0.3) is 0 Å². The van der Waals surface area contributed by atoms with Gasteiger partial charge in [-0.3, -0.25) is 0 Å². The third-order valence-electron chi connectivity index (χ3n) is 2.08. The Kier molecular flexibility index (Phi) is 4.24. The van der Waals surface area contributed by atoms with E-state index in [2.05, 4.69) is 4.98 Å². The second-order valence-corrected chi connectivity index (χ2v) is 6.69. The predicted octanol–water partition coefficient (Wildman–Crippen LogP) is 1.13. The molecule has 0 aliphatic heterocycles. The largest absolute Gasteiger partial charge is 0.391 e. The number of aromatic nitrogens is 1. The van der Waals surface area contributed by atoms with Crippen molar-refractivity contribution in [1.82, 2.24) is 4.98 Å². The minimum Gasteiger partial charge on any atom is -0.391 e. The molecule has 6 heteroatoms. The van der Waals surface area contributed by atoms with Gasteiger partial charge in [-0.2, -0.15) is 0 Å². The van der Waals surface area contributed by atoms with Crippen molar-refractivity contribution in [2.45, 2.75) is 32.6 Å². The summed E-state index contributed by atoms with van der Waals surface area (Å²) in [6.07, 6.45) is 0.721. The Morgan fingerprint density at radius 3 is 2.47 bits per heavy atom. The fourth-order valence-corrected chi connectivity index (χ4v) is 3.42. The van der Waals surface area contributed by atoms with Crippen LogP contribution in [0.2, 0.25) is 0 Å². The molecule has 0 aliphatic carbocycles. The monoisotopic (exact) mass is 249 g/mol. The Morgan fingerprint density at radius 2 is 2.07 bits per heavy atom. The standard InChI is InChI=1S/C9H15NO3S2/c1-3-7-8(5-11)14-9(10-7)6-15(12,13)4-2/h11H,3-6H2,1-2H3. The van der Waals surface area contributed by atoms with Crippen LogP contribution >= 0.6 is 11.3 Å². The zero-order valence-electron chi connectivity index (χ0n) is 8.86. The van der Waals surface area contributed by atoms with E-state index in [-0.39, 0.29) is 18.1 Å². The first-order valence-corrected chi connectivity index (χ1v) is 7.45. The van der Waals surface area contributed by atoms with Crippen molar-refractivity contribution in [2.75, 3.05) is 5.75 Å². The van der Waals surface area contributed by atoms with E-state index in [1.54, 1.807) is 6.92 Å². The van der Waals surface area contributed by atoms with Crippen molar-refractivity contribution >= 4 is 21.2 Å². The van der Waals surface area contributed by atoms with E-state index in [0.29, 0.717) is 5.01 Å². The number of hydrogen-bond acceptors (Lipinski definition) is 5. The maximum Gasteiger partial charge on any atom is 0.156 e. The lowest BCUT2D eigenvalue weighted by Gasteiger charge is -1.95.